The van der Waals surface area contributed by atoms with Crippen molar-refractivity contribution >= 4 is 11.6 Å². The van der Waals surface area contributed by atoms with Crippen LogP contribution < -0.4 is 10.6 Å². The summed E-state index contributed by atoms with van der Waals surface area (Å²) >= 11 is 0. The van der Waals surface area contributed by atoms with Crippen LogP contribution in [0, 0.1) is 24.1 Å². The SMILES string of the molecule is Cc1cc(F)ccc1NC(=O)C1CC12CCNCC2. The summed E-state index contributed by atoms with van der Waals surface area (Å²) in [6.07, 6.45) is 3.18. The second-order valence-electron chi connectivity index (χ2n) is 5.82. The van der Waals surface area contributed by atoms with Crippen molar-refractivity contribution in [2.24, 2.45) is 11.3 Å². The highest BCUT2D eigenvalue weighted by Gasteiger charge is 2.57. The van der Waals surface area contributed by atoms with Crippen LogP contribution in [0.4, 0.5) is 10.1 Å². The first kappa shape index (κ1) is 12.6. The Morgan fingerprint density at radius 2 is 2.16 bits per heavy atom. The lowest BCUT2D eigenvalue weighted by molar-refractivity contribution is -0.118. The summed E-state index contributed by atoms with van der Waals surface area (Å²) in [4.78, 5) is 12.3. The van der Waals surface area contributed by atoms with Crippen molar-refractivity contribution in [1.82, 2.24) is 5.32 Å². The summed E-state index contributed by atoms with van der Waals surface area (Å²) in [6.45, 7) is 3.84. The molecule has 102 valence electrons. The molecule has 1 saturated carbocycles. The molecular formula is C15H19FN2O. The maximum Gasteiger partial charge on any atom is 0.228 e. The van der Waals surface area contributed by atoms with Gasteiger partial charge in [0.05, 0.1) is 0 Å². The van der Waals surface area contributed by atoms with Gasteiger partial charge in [0.2, 0.25) is 5.91 Å². The predicted molar refractivity (Wildman–Crippen MR) is 72.4 cm³/mol. The number of benzene rings is 1. The first-order chi connectivity index (χ1) is 9.11. The van der Waals surface area contributed by atoms with Crippen LogP contribution in [-0.4, -0.2) is 19.0 Å². The third-order valence-corrected chi connectivity index (χ3v) is 4.55. The lowest BCUT2D eigenvalue weighted by Crippen LogP contribution is -2.31. The molecule has 2 aliphatic rings. The number of halogens is 1. The van der Waals surface area contributed by atoms with Gasteiger partial charge in [-0.2, -0.15) is 0 Å². The largest absolute Gasteiger partial charge is 0.326 e. The van der Waals surface area contributed by atoms with E-state index >= 15 is 0 Å². The van der Waals surface area contributed by atoms with Crippen molar-refractivity contribution in [2.75, 3.05) is 18.4 Å². The van der Waals surface area contributed by atoms with Gasteiger partial charge in [-0.15, -0.1) is 0 Å². The summed E-state index contributed by atoms with van der Waals surface area (Å²) in [7, 11) is 0. The Bertz CT molecular complexity index is 509. The summed E-state index contributed by atoms with van der Waals surface area (Å²) in [5.41, 5.74) is 1.74. The molecule has 3 nitrogen and oxygen atoms in total. The van der Waals surface area contributed by atoms with Crippen LogP contribution in [0.5, 0.6) is 0 Å². The molecular weight excluding hydrogens is 243 g/mol. The molecule has 1 atom stereocenters. The Kier molecular flexibility index (Phi) is 3.05. The van der Waals surface area contributed by atoms with E-state index in [0.717, 1.165) is 43.6 Å². The van der Waals surface area contributed by atoms with E-state index in [0.29, 0.717) is 0 Å². The Hall–Kier alpha value is -1.42. The number of hydrogen-bond donors (Lipinski definition) is 2. The van der Waals surface area contributed by atoms with Crippen molar-refractivity contribution in [2.45, 2.75) is 26.2 Å². The third-order valence-electron chi connectivity index (χ3n) is 4.55. The molecule has 1 aromatic rings. The zero-order valence-corrected chi connectivity index (χ0v) is 11.1. The number of anilines is 1. The fourth-order valence-electron chi connectivity index (χ4n) is 3.18. The van der Waals surface area contributed by atoms with Crippen molar-refractivity contribution in [3.8, 4) is 0 Å². The molecule has 1 heterocycles. The summed E-state index contributed by atoms with van der Waals surface area (Å²) in [5.74, 6) is -0.0348. The standard InChI is InChI=1S/C15H19FN2O/c1-10-8-11(16)2-3-13(10)18-14(19)12-9-15(12)4-6-17-7-5-15/h2-3,8,12,17H,4-7,9H2,1H3,(H,18,19). The minimum absolute atomic E-state index is 0.0941. The van der Waals surface area contributed by atoms with Crippen LogP contribution >= 0.6 is 0 Å². The van der Waals surface area contributed by atoms with Crippen molar-refractivity contribution < 1.29 is 9.18 Å². The van der Waals surface area contributed by atoms with Crippen molar-refractivity contribution in [3.05, 3.63) is 29.6 Å². The molecule has 1 amide bonds. The molecule has 19 heavy (non-hydrogen) atoms. The average molecular weight is 262 g/mol. The van der Waals surface area contributed by atoms with Gasteiger partial charge in [0.15, 0.2) is 0 Å². The summed E-state index contributed by atoms with van der Waals surface area (Å²) in [5, 5.41) is 6.28. The van der Waals surface area contributed by atoms with E-state index in [4.69, 9.17) is 0 Å². The quantitative estimate of drug-likeness (QED) is 0.859. The zero-order valence-electron chi connectivity index (χ0n) is 11.1. The van der Waals surface area contributed by atoms with E-state index in [1.165, 1.54) is 12.1 Å². The third kappa shape index (κ3) is 2.37. The molecule has 2 N–H and O–H groups in total. The number of hydrogen-bond acceptors (Lipinski definition) is 2. The average Bonchev–Trinajstić information content (AvgIpc) is 3.07. The van der Waals surface area contributed by atoms with Gasteiger partial charge < -0.3 is 10.6 Å². The number of nitrogens with one attached hydrogen (secondary N) is 2. The first-order valence-corrected chi connectivity index (χ1v) is 6.88. The predicted octanol–water partition coefficient (Wildman–Crippen LogP) is 2.46. The van der Waals surface area contributed by atoms with Gasteiger partial charge in [-0.05, 0) is 68.5 Å². The molecule has 1 spiro atoms. The van der Waals surface area contributed by atoms with Crippen LogP contribution in [-0.2, 0) is 4.79 Å². The van der Waals surface area contributed by atoms with E-state index < -0.39 is 0 Å². The van der Waals surface area contributed by atoms with E-state index in [1.807, 2.05) is 6.92 Å². The normalized spacial score (nSPS) is 24.2. The molecule has 1 unspecified atom stereocenters. The first-order valence-electron chi connectivity index (χ1n) is 6.88. The van der Waals surface area contributed by atoms with Crippen LogP contribution in [0.15, 0.2) is 18.2 Å². The van der Waals surface area contributed by atoms with Crippen LogP contribution in [0.2, 0.25) is 0 Å². The number of aryl methyl sites for hydroxylation is 1. The molecule has 1 aliphatic heterocycles. The second kappa shape index (κ2) is 4.60. The topological polar surface area (TPSA) is 41.1 Å². The molecule has 0 aromatic heterocycles. The number of rotatable bonds is 2. The van der Waals surface area contributed by atoms with Gasteiger partial charge in [-0.25, -0.2) is 4.39 Å². The fraction of sp³-hybridized carbons (Fsp3) is 0.533. The molecule has 1 aliphatic carbocycles. The molecule has 2 fully saturated rings. The lowest BCUT2D eigenvalue weighted by atomic mass is 9.91. The lowest BCUT2D eigenvalue weighted by Gasteiger charge is -2.23. The van der Waals surface area contributed by atoms with Gasteiger partial charge in [0, 0.05) is 11.6 Å². The second-order valence-corrected chi connectivity index (χ2v) is 5.82. The monoisotopic (exact) mass is 262 g/mol. The highest BCUT2D eigenvalue weighted by atomic mass is 19.1. The maximum absolute atomic E-state index is 13.0. The smallest absolute Gasteiger partial charge is 0.228 e. The molecule has 1 saturated heterocycles. The number of carbonyl (C=O) groups excluding carboxylic acids is 1. The van der Waals surface area contributed by atoms with Crippen molar-refractivity contribution in [1.29, 1.82) is 0 Å². The molecule has 1 aromatic carbocycles. The fourth-order valence-corrected chi connectivity index (χ4v) is 3.18. The highest BCUT2D eigenvalue weighted by Crippen LogP contribution is 2.58. The maximum atomic E-state index is 13.0. The van der Waals surface area contributed by atoms with Crippen LogP contribution in [0.25, 0.3) is 0 Å². The summed E-state index contributed by atoms with van der Waals surface area (Å²) in [6, 6.07) is 4.47. The van der Waals surface area contributed by atoms with Gasteiger partial charge in [0.25, 0.3) is 0 Å². The Morgan fingerprint density at radius 1 is 1.42 bits per heavy atom. The van der Waals surface area contributed by atoms with Gasteiger partial charge in [0.1, 0.15) is 5.82 Å². The minimum atomic E-state index is -0.267. The van der Waals surface area contributed by atoms with E-state index in [9.17, 15) is 9.18 Å². The molecule has 4 heteroatoms. The number of amides is 1. The minimum Gasteiger partial charge on any atom is -0.326 e. The Morgan fingerprint density at radius 3 is 2.84 bits per heavy atom. The van der Waals surface area contributed by atoms with E-state index in [1.54, 1.807) is 6.07 Å². The summed E-state index contributed by atoms with van der Waals surface area (Å²) < 4.78 is 13.0. The van der Waals surface area contributed by atoms with E-state index in [2.05, 4.69) is 10.6 Å². The zero-order chi connectivity index (χ0) is 13.5. The van der Waals surface area contributed by atoms with Crippen LogP contribution in [0.1, 0.15) is 24.8 Å². The van der Waals surface area contributed by atoms with Crippen molar-refractivity contribution in [3.63, 3.8) is 0 Å². The van der Waals surface area contributed by atoms with E-state index in [-0.39, 0.29) is 23.1 Å². The van der Waals surface area contributed by atoms with Gasteiger partial charge in [-0.1, -0.05) is 0 Å². The molecule has 0 radical (unpaired) electrons. The van der Waals surface area contributed by atoms with Gasteiger partial charge in [-0.3, -0.25) is 4.79 Å². The van der Waals surface area contributed by atoms with Gasteiger partial charge >= 0.3 is 0 Å². The number of piperidine rings is 1. The molecule has 0 bridgehead atoms. The Labute approximate surface area is 112 Å². The number of carbonyl (C=O) groups is 1. The Balaban J connectivity index is 1.66. The van der Waals surface area contributed by atoms with Crippen LogP contribution in [0.3, 0.4) is 0 Å². The highest BCUT2D eigenvalue weighted by molar-refractivity contribution is 5.95. The molecule has 3 rings (SSSR count).